The van der Waals surface area contributed by atoms with Gasteiger partial charge in [-0.05, 0) is 66.1 Å². The van der Waals surface area contributed by atoms with E-state index in [1.807, 2.05) is 38.1 Å². The molecule has 0 saturated heterocycles. The normalized spacial score (nSPS) is 11.7. The average Bonchev–Trinajstić information content (AvgIpc) is 3.13. The summed E-state index contributed by atoms with van der Waals surface area (Å²) in [5.41, 5.74) is 6.78. The second kappa shape index (κ2) is 9.53. The molecular formula is C26H32O4S. The molecule has 0 atom stereocenters. The van der Waals surface area contributed by atoms with Crippen LogP contribution in [0.5, 0.6) is 5.06 Å². The lowest BCUT2D eigenvalue weighted by atomic mass is 9.85. The van der Waals surface area contributed by atoms with Crippen molar-refractivity contribution in [2.75, 3.05) is 7.11 Å². The first kappa shape index (κ1) is 23.5. The Kier molecular flexibility index (Phi) is 7.22. The van der Waals surface area contributed by atoms with Crippen molar-refractivity contribution in [2.24, 2.45) is 0 Å². The maximum atomic E-state index is 11.0. The Balaban J connectivity index is 2.21. The third-order valence-electron chi connectivity index (χ3n) is 6.28. The molecule has 0 unspecified atom stereocenters. The van der Waals surface area contributed by atoms with Crippen molar-refractivity contribution in [1.29, 1.82) is 0 Å². The molecule has 1 aromatic heterocycles. The molecular weight excluding hydrogens is 408 g/mol. The third-order valence-corrected chi connectivity index (χ3v) is 7.34. The van der Waals surface area contributed by atoms with Gasteiger partial charge in [0.25, 0.3) is 0 Å². The van der Waals surface area contributed by atoms with E-state index in [-0.39, 0.29) is 13.2 Å². The quantitative estimate of drug-likeness (QED) is 0.420. The molecule has 0 amide bonds. The van der Waals surface area contributed by atoms with Crippen molar-refractivity contribution in [1.82, 2.24) is 0 Å². The Morgan fingerprint density at radius 1 is 0.903 bits per heavy atom. The molecule has 0 aliphatic carbocycles. The smallest absolute Gasteiger partial charge is 0.182 e. The Labute approximate surface area is 188 Å². The number of hydrogen-bond donors (Lipinski definition) is 3. The van der Waals surface area contributed by atoms with Gasteiger partial charge in [-0.1, -0.05) is 44.2 Å². The molecule has 4 nitrogen and oxygen atoms in total. The molecule has 0 fully saturated rings. The van der Waals surface area contributed by atoms with Crippen molar-refractivity contribution in [3.8, 4) is 27.3 Å². The minimum Gasteiger partial charge on any atom is -0.487 e. The summed E-state index contributed by atoms with van der Waals surface area (Å²) in [6.45, 7) is 7.93. The van der Waals surface area contributed by atoms with Crippen LogP contribution < -0.4 is 4.74 Å². The summed E-state index contributed by atoms with van der Waals surface area (Å²) in [6.07, 6.45) is 1.33. The molecule has 3 rings (SSSR count). The summed E-state index contributed by atoms with van der Waals surface area (Å²) >= 11 is 1.60. The number of hydrogen-bond acceptors (Lipinski definition) is 5. The summed E-state index contributed by atoms with van der Waals surface area (Å²) in [5.74, 6) is 0. The van der Waals surface area contributed by atoms with Gasteiger partial charge in [-0.15, -0.1) is 11.3 Å². The van der Waals surface area contributed by atoms with Crippen LogP contribution >= 0.6 is 11.3 Å². The van der Waals surface area contributed by atoms with Gasteiger partial charge < -0.3 is 20.1 Å². The van der Waals surface area contributed by atoms with E-state index in [2.05, 4.69) is 26.0 Å². The zero-order valence-electron chi connectivity index (χ0n) is 19.0. The van der Waals surface area contributed by atoms with Crippen molar-refractivity contribution in [3.05, 3.63) is 63.5 Å². The lowest BCUT2D eigenvalue weighted by Gasteiger charge is -2.26. The minimum absolute atomic E-state index is 0.110. The predicted molar refractivity (Wildman–Crippen MR) is 128 cm³/mol. The van der Waals surface area contributed by atoms with Crippen molar-refractivity contribution in [2.45, 2.75) is 59.4 Å². The second-order valence-corrected chi connectivity index (χ2v) is 9.16. The second-order valence-electron chi connectivity index (χ2n) is 7.97. The molecule has 0 radical (unpaired) electrons. The highest BCUT2D eigenvalue weighted by Crippen LogP contribution is 2.49. The maximum Gasteiger partial charge on any atom is 0.182 e. The van der Waals surface area contributed by atoms with Gasteiger partial charge in [0, 0.05) is 16.0 Å². The Bertz CT molecular complexity index is 1060. The number of thiophene rings is 1. The molecule has 0 spiro atoms. The number of aliphatic hydroxyl groups is 3. The van der Waals surface area contributed by atoms with E-state index in [9.17, 15) is 15.3 Å². The molecule has 3 aromatic rings. The van der Waals surface area contributed by atoms with E-state index in [1.165, 1.54) is 0 Å². The van der Waals surface area contributed by atoms with Gasteiger partial charge in [0.1, 0.15) is 0 Å². The topological polar surface area (TPSA) is 69.9 Å². The van der Waals surface area contributed by atoms with Crippen molar-refractivity contribution < 1.29 is 20.1 Å². The van der Waals surface area contributed by atoms with E-state index in [1.54, 1.807) is 18.4 Å². The molecule has 0 aliphatic heterocycles. The lowest BCUT2D eigenvalue weighted by molar-refractivity contribution is 0.0283. The predicted octanol–water partition coefficient (Wildman–Crippen LogP) is 5.70. The van der Waals surface area contributed by atoms with E-state index < -0.39 is 5.60 Å². The van der Waals surface area contributed by atoms with E-state index in [4.69, 9.17) is 4.74 Å². The first-order valence-electron chi connectivity index (χ1n) is 10.7. The minimum atomic E-state index is -0.816. The summed E-state index contributed by atoms with van der Waals surface area (Å²) in [4.78, 5) is 1.14. The van der Waals surface area contributed by atoms with Crippen molar-refractivity contribution in [3.63, 3.8) is 0 Å². The molecule has 0 aliphatic rings. The Morgan fingerprint density at radius 3 is 2.13 bits per heavy atom. The van der Waals surface area contributed by atoms with E-state index in [0.29, 0.717) is 18.4 Å². The number of aliphatic hydroxyl groups excluding tert-OH is 2. The van der Waals surface area contributed by atoms with Crippen LogP contribution in [0.2, 0.25) is 0 Å². The fraction of sp³-hybridized carbons (Fsp3) is 0.385. The zero-order valence-corrected chi connectivity index (χ0v) is 19.8. The third kappa shape index (κ3) is 4.28. The van der Waals surface area contributed by atoms with Crippen LogP contribution in [-0.4, -0.2) is 22.4 Å². The van der Waals surface area contributed by atoms with Crippen LogP contribution in [0.25, 0.3) is 22.3 Å². The SMILES string of the molecule is CCC(O)(CC)c1ccc(-c2c(C)sc(OC)c2-c2ccc(CO)c(CO)c2)c(C)c1. The molecule has 1 heterocycles. The number of aryl methyl sites for hydroxylation is 2. The van der Waals surface area contributed by atoms with E-state index in [0.717, 1.165) is 48.9 Å². The monoisotopic (exact) mass is 440 g/mol. The van der Waals surface area contributed by atoms with E-state index >= 15 is 0 Å². The van der Waals surface area contributed by atoms with Gasteiger partial charge in [-0.3, -0.25) is 0 Å². The van der Waals surface area contributed by atoms with Crippen LogP contribution in [0.15, 0.2) is 36.4 Å². The van der Waals surface area contributed by atoms with Gasteiger partial charge in [0.05, 0.1) is 25.9 Å². The first-order valence-corrected chi connectivity index (χ1v) is 11.5. The van der Waals surface area contributed by atoms with Gasteiger partial charge >= 0.3 is 0 Å². The molecule has 3 N–H and O–H groups in total. The van der Waals surface area contributed by atoms with Crippen LogP contribution in [0.3, 0.4) is 0 Å². The van der Waals surface area contributed by atoms with Crippen molar-refractivity contribution >= 4 is 11.3 Å². The summed E-state index contributed by atoms with van der Waals surface area (Å²) < 4.78 is 5.73. The number of methoxy groups -OCH3 is 1. The molecule has 166 valence electrons. The number of benzene rings is 2. The van der Waals surface area contributed by atoms with Crippen LogP contribution in [0.4, 0.5) is 0 Å². The number of ether oxygens (including phenoxy) is 1. The van der Waals surface area contributed by atoms with Crippen LogP contribution in [0, 0.1) is 13.8 Å². The molecule has 31 heavy (non-hydrogen) atoms. The lowest BCUT2D eigenvalue weighted by Crippen LogP contribution is -2.23. The Hall–Kier alpha value is -2.18. The summed E-state index contributed by atoms with van der Waals surface area (Å²) in [5, 5.41) is 31.1. The van der Waals surface area contributed by atoms with Gasteiger partial charge in [0.15, 0.2) is 5.06 Å². The molecule has 0 bridgehead atoms. The fourth-order valence-electron chi connectivity index (χ4n) is 4.22. The van der Waals surface area contributed by atoms with Gasteiger partial charge in [0.2, 0.25) is 0 Å². The van der Waals surface area contributed by atoms with Gasteiger partial charge in [-0.25, -0.2) is 0 Å². The summed E-state index contributed by atoms with van der Waals surface area (Å²) in [6, 6.07) is 12.0. The molecule has 5 heteroatoms. The first-order chi connectivity index (χ1) is 14.8. The Morgan fingerprint density at radius 2 is 1.58 bits per heavy atom. The van der Waals surface area contributed by atoms with Crippen LogP contribution in [-0.2, 0) is 18.8 Å². The fourth-order valence-corrected chi connectivity index (χ4v) is 5.22. The molecule has 2 aromatic carbocycles. The zero-order chi connectivity index (χ0) is 22.8. The number of rotatable bonds is 8. The average molecular weight is 441 g/mol. The largest absolute Gasteiger partial charge is 0.487 e. The highest BCUT2D eigenvalue weighted by molar-refractivity contribution is 7.15. The van der Waals surface area contributed by atoms with Crippen LogP contribution in [0.1, 0.15) is 53.8 Å². The maximum absolute atomic E-state index is 11.0. The highest BCUT2D eigenvalue weighted by atomic mass is 32.1. The highest BCUT2D eigenvalue weighted by Gasteiger charge is 2.27. The van der Waals surface area contributed by atoms with Gasteiger partial charge in [-0.2, -0.15) is 0 Å². The summed E-state index contributed by atoms with van der Waals surface area (Å²) in [7, 11) is 1.67. The standard InChI is InChI=1S/C26H32O4S/c1-6-26(29,7-2)21-10-11-22(16(3)12-21)23-17(4)31-25(30-5)24(23)18-8-9-19(14-27)20(13-18)15-28/h8-13,27-29H,6-7,14-15H2,1-5H3. The molecule has 0 saturated carbocycles.